The molecule has 3 N–H and O–H groups in total. The van der Waals surface area contributed by atoms with Crippen LogP contribution in [-0.2, 0) is 11.2 Å². The number of aromatic hydroxyl groups is 1. The van der Waals surface area contributed by atoms with E-state index in [2.05, 4.69) is 5.32 Å². The molecule has 1 saturated carbocycles. The quantitative estimate of drug-likeness (QED) is 0.874. The molecule has 0 spiro atoms. The molecule has 1 aromatic carbocycles. The van der Waals surface area contributed by atoms with Gasteiger partial charge in [0.2, 0.25) is 5.12 Å². The minimum Gasteiger partial charge on any atom is -0.508 e. The van der Waals surface area contributed by atoms with E-state index in [1.54, 1.807) is 12.1 Å². The molecule has 0 atom stereocenters. The number of phenols is 1. The van der Waals surface area contributed by atoms with Gasteiger partial charge in [0.1, 0.15) is 17.8 Å². The van der Waals surface area contributed by atoms with Gasteiger partial charge in [-0.1, -0.05) is 30.3 Å². The number of phenolic OH excluding ortho intramolecular Hbond substituents is 1. The van der Waals surface area contributed by atoms with Crippen molar-refractivity contribution >= 4 is 16.9 Å². The van der Waals surface area contributed by atoms with Crippen LogP contribution in [0.2, 0.25) is 0 Å². The predicted octanol–water partition coefficient (Wildman–Crippen LogP) is 2.09. The van der Waals surface area contributed by atoms with Crippen LogP contribution in [0.25, 0.3) is 0 Å². The third-order valence-electron chi connectivity index (χ3n) is 4.27. The second-order valence-corrected chi connectivity index (χ2v) is 6.61. The molecule has 1 aromatic rings. The van der Waals surface area contributed by atoms with Crippen molar-refractivity contribution in [1.82, 2.24) is 0 Å². The lowest BCUT2D eigenvalue weighted by atomic mass is 9.77. The van der Waals surface area contributed by atoms with Crippen LogP contribution in [0.5, 0.6) is 5.75 Å². The summed E-state index contributed by atoms with van der Waals surface area (Å²) >= 11 is 1.32. The Labute approximate surface area is 125 Å². The van der Waals surface area contributed by atoms with Gasteiger partial charge in [0, 0.05) is 19.3 Å². The fourth-order valence-electron chi connectivity index (χ4n) is 3.11. The SMILES string of the molecule is CSC(=O)C[NH2+]C1(Cc2ccc(O)cc2)CCCCC1. The Hall–Kier alpha value is -1.00. The molecule has 1 aliphatic rings. The van der Waals surface area contributed by atoms with Crippen LogP contribution in [0.1, 0.15) is 37.7 Å². The van der Waals surface area contributed by atoms with Crippen LogP contribution in [-0.4, -0.2) is 28.6 Å². The Balaban J connectivity index is 2.05. The van der Waals surface area contributed by atoms with E-state index in [1.165, 1.54) is 49.4 Å². The standard InChI is InChI=1S/C16H23NO2S/c1-20-15(19)12-17-16(9-3-2-4-10-16)11-13-5-7-14(18)8-6-13/h5-8,17-18H,2-4,9-12H2,1H3/p+1. The Kier molecular flexibility index (Phi) is 5.49. The second kappa shape index (κ2) is 7.14. The van der Waals surface area contributed by atoms with Crippen molar-refractivity contribution < 1.29 is 15.2 Å². The van der Waals surface area contributed by atoms with Crippen LogP contribution in [0.3, 0.4) is 0 Å². The summed E-state index contributed by atoms with van der Waals surface area (Å²) < 4.78 is 0. The molecule has 2 rings (SSSR count). The van der Waals surface area contributed by atoms with Gasteiger partial charge in [0.25, 0.3) is 0 Å². The molecule has 1 fully saturated rings. The predicted molar refractivity (Wildman–Crippen MR) is 82.9 cm³/mol. The smallest absolute Gasteiger partial charge is 0.242 e. The molecule has 20 heavy (non-hydrogen) atoms. The maximum absolute atomic E-state index is 11.6. The van der Waals surface area contributed by atoms with E-state index in [1.807, 2.05) is 18.4 Å². The average Bonchev–Trinajstić information content (AvgIpc) is 2.48. The Morgan fingerprint density at radius 2 is 1.90 bits per heavy atom. The van der Waals surface area contributed by atoms with Gasteiger partial charge >= 0.3 is 0 Å². The molecule has 0 radical (unpaired) electrons. The van der Waals surface area contributed by atoms with Gasteiger partial charge in [-0.05, 0) is 36.8 Å². The van der Waals surface area contributed by atoms with E-state index in [9.17, 15) is 9.90 Å². The molecule has 0 amide bonds. The zero-order chi connectivity index (χ0) is 14.4. The maximum atomic E-state index is 11.6. The molecular formula is C16H24NO2S+. The molecule has 0 unspecified atom stereocenters. The number of benzene rings is 1. The summed E-state index contributed by atoms with van der Waals surface area (Å²) in [4.78, 5) is 11.6. The molecule has 3 nitrogen and oxygen atoms in total. The van der Waals surface area contributed by atoms with Crippen molar-refractivity contribution in [2.75, 3.05) is 12.8 Å². The van der Waals surface area contributed by atoms with Crippen LogP contribution >= 0.6 is 11.8 Å². The highest BCUT2D eigenvalue weighted by Crippen LogP contribution is 2.28. The normalized spacial score (nSPS) is 17.9. The Bertz CT molecular complexity index is 438. The van der Waals surface area contributed by atoms with Crippen molar-refractivity contribution in [3.8, 4) is 5.75 Å². The lowest BCUT2D eigenvalue weighted by Crippen LogP contribution is -2.98. The average molecular weight is 294 g/mol. The van der Waals surface area contributed by atoms with Crippen LogP contribution in [0.15, 0.2) is 24.3 Å². The van der Waals surface area contributed by atoms with Crippen molar-refractivity contribution in [1.29, 1.82) is 0 Å². The Morgan fingerprint density at radius 1 is 1.25 bits per heavy atom. The third kappa shape index (κ3) is 4.25. The van der Waals surface area contributed by atoms with Crippen molar-refractivity contribution in [2.24, 2.45) is 0 Å². The summed E-state index contributed by atoms with van der Waals surface area (Å²) in [5, 5.41) is 11.9. The summed E-state index contributed by atoms with van der Waals surface area (Å²) in [5.74, 6) is 0.313. The first-order valence-electron chi connectivity index (χ1n) is 7.33. The highest BCUT2D eigenvalue weighted by atomic mass is 32.2. The van der Waals surface area contributed by atoms with Crippen molar-refractivity contribution in [2.45, 2.75) is 44.1 Å². The fourth-order valence-corrected chi connectivity index (χ4v) is 3.36. The first kappa shape index (κ1) is 15.4. The molecule has 4 heteroatoms. The largest absolute Gasteiger partial charge is 0.508 e. The van der Waals surface area contributed by atoms with Gasteiger partial charge in [0.05, 0.1) is 0 Å². The zero-order valence-electron chi connectivity index (χ0n) is 12.1. The summed E-state index contributed by atoms with van der Waals surface area (Å²) in [6.07, 6.45) is 9.00. The number of hydrogen-bond donors (Lipinski definition) is 2. The number of thioether (sulfide) groups is 1. The fraction of sp³-hybridized carbons (Fsp3) is 0.562. The lowest BCUT2D eigenvalue weighted by molar-refractivity contribution is -0.720. The monoisotopic (exact) mass is 294 g/mol. The molecule has 0 aromatic heterocycles. The minimum absolute atomic E-state index is 0.167. The molecule has 110 valence electrons. The van der Waals surface area contributed by atoms with E-state index in [0.29, 0.717) is 12.3 Å². The first-order valence-corrected chi connectivity index (χ1v) is 8.55. The first-order chi connectivity index (χ1) is 9.63. The highest BCUT2D eigenvalue weighted by molar-refractivity contribution is 8.13. The zero-order valence-corrected chi connectivity index (χ0v) is 12.9. The maximum Gasteiger partial charge on any atom is 0.242 e. The van der Waals surface area contributed by atoms with Gasteiger partial charge < -0.3 is 10.4 Å². The van der Waals surface area contributed by atoms with Crippen molar-refractivity contribution in [3.05, 3.63) is 29.8 Å². The molecule has 0 bridgehead atoms. The van der Waals surface area contributed by atoms with Crippen molar-refractivity contribution in [3.63, 3.8) is 0 Å². The van der Waals surface area contributed by atoms with Crippen LogP contribution in [0, 0.1) is 0 Å². The van der Waals surface area contributed by atoms with E-state index in [0.717, 1.165) is 6.42 Å². The summed E-state index contributed by atoms with van der Waals surface area (Å²) in [6, 6.07) is 7.49. The number of hydrogen-bond acceptors (Lipinski definition) is 3. The van der Waals surface area contributed by atoms with Gasteiger partial charge in [0.15, 0.2) is 0 Å². The lowest BCUT2D eigenvalue weighted by Gasteiger charge is -2.35. The van der Waals surface area contributed by atoms with Gasteiger partial charge in [-0.15, -0.1) is 0 Å². The van der Waals surface area contributed by atoms with Gasteiger partial charge in [-0.25, -0.2) is 0 Å². The Morgan fingerprint density at radius 3 is 2.50 bits per heavy atom. The topological polar surface area (TPSA) is 53.9 Å². The number of rotatable bonds is 5. The summed E-state index contributed by atoms with van der Waals surface area (Å²) in [6.45, 7) is 0.569. The molecule has 0 aliphatic heterocycles. The molecule has 0 heterocycles. The second-order valence-electron chi connectivity index (χ2n) is 5.75. The number of carbonyl (C=O) groups is 1. The molecule has 1 aliphatic carbocycles. The highest BCUT2D eigenvalue weighted by Gasteiger charge is 2.36. The molecular weight excluding hydrogens is 270 g/mol. The minimum atomic E-state index is 0.167. The van der Waals surface area contributed by atoms with E-state index < -0.39 is 0 Å². The number of carbonyl (C=O) groups excluding carboxylic acids is 1. The summed E-state index contributed by atoms with van der Waals surface area (Å²) in [7, 11) is 0. The van der Waals surface area contributed by atoms with E-state index in [-0.39, 0.29) is 10.7 Å². The van der Waals surface area contributed by atoms with Crippen LogP contribution < -0.4 is 5.32 Å². The summed E-state index contributed by atoms with van der Waals surface area (Å²) in [5.41, 5.74) is 1.42. The van der Waals surface area contributed by atoms with Gasteiger partial charge in [-0.3, -0.25) is 4.79 Å². The third-order valence-corrected chi connectivity index (χ3v) is 4.89. The molecule has 0 saturated heterocycles. The number of quaternary nitrogens is 1. The van der Waals surface area contributed by atoms with E-state index in [4.69, 9.17) is 0 Å². The van der Waals surface area contributed by atoms with Crippen LogP contribution in [0.4, 0.5) is 0 Å². The van der Waals surface area contributed by atoms with E-state index >= 15 is 0 Å². The van der Waals surface area contributed by atoms with Gasteiger partial charge in [-0.2, -0.15) is 0 Å². The number of nitrogens with two attached hydrogens (primary N) is 1.